The van der Waals surface area contributed by atoms with Gasteiger partial charge < -0.3 is 41.7 Å². The summed E-state index contributed by atoms with van der Waals surface area (Å²) in [5.74, 6) is 0. The highest BCUT2D eigenvalue weighted by molar-refractivity contribution is 6.05. The average molecular weight is 668 g/mol. The molecule has 0 atom stereocenters. The van der Waals surface area contributed by atoms with Gasteiger partial charge in [0.25, 0.3) is 0 Å². The number of rotatable bonds is 19. The summed E-state index contributed by atoms with van der Waals surface area (Å²) in [5, 5.41) is 9.78. The van der Waals surface area contributed by atoms with Crippen LogP contribution in [0.2, 0.25) is 0 Å². The zero-order valence-corrected chi connectivity index (χ0v) is 31.6. The fourth-order valence-electron chi connectivity index (χ4n) is 5.81. The van der Waals surface area contributed by atoms with E-state index in [0.717, 1.165) is 62.6 Å². The predicted molar refractivity (Wildman–Crippen MR) is 206 cm³/mol. The van der Waals surface area contributed by atoms with Gasteiger partial charge in [0.05, 0.1) is 22.7 Å². The quantitative estimate of drug-likeness (QED) is 0.124. The van der Waals surface area contributed by atoms with Gasteiger partial charge in [0.1, 0.15) is 5.69 Å². The maximum Gasteiger partial charge on any atom is 0.323 e. The van der Waals surface area contributed by atoms with Crippen LogP contribution in [0.25, 0.3) is 0 Å². The summed E-state index contributed by atoms with van der Waals surface area (Å²) in [5.41, 5.74) is 16.8. The number of anilines is 4. The molecule has 0 aliphatic heterocycles. The van der Waals surface area contributed by atoms with E-state index in [-0.39, 0.29) is 16.5 Å². The van der Waals surface area contributed by atoms with Crippen molar-refractivity contribution in [3.63, 3.8) is 0 Å². The van der Waals surface area contributed by atoms with Crippen LogP contribution in [0.4, 0.5) is 33.2 Å². The van der Waals surface area contributed by atoms with Crippen LogP contribution in [0.1, 0.15) is 80.4 Å². The number of hydrogen-bond acceptors (Lipinski definition) is 9. The first-order valence-electron chi connectivity index (χ1n) is 17.8. The maximum absolute atomic E-state index is 14.1. The van der Waals surface area contributed by atoms with Gasteiger partial charge in [0, 0.05) is 52.4 Å². The predicted octanol–water partition coefficient (Wildman–Crippen LogP) is 6.54. The number of carbonyl (C=O) groups excluding carboxylic acids is 1. The minimum atomic E-state index is -0.403. The molecular weight excluding hydrogens is 602 g/mol. The Hall–Kier alpha value is -3.25. The van der Waals surface area contributed by atoms with E-state index >= 15 is 0 Å². The highest BCUT2D eigenvalue weighted by Crippen LogP contribution is 2.41. The summed E-state index contributed by atoms with van der Waals surface area (Å²) < 4.78 is 0. The van der Waals surface area contributed by atoms with Crippen LogP contribution in [-0.4, -0.2) is 94.4 Å². The smallest absolute Gasteiger partial charge is 0.323 e. The summed E-state index contributed by atoms with van der Waals surface area (Å²) in [6.07, 6.45) is 0. The molecule has 270 valence electrons. The molecule has 2 amide bonds. The van der Waals surface area contributed by atoms with Gasteiger partial charge in [0.2, 0.25) is 0 Å². The molecule has 2 aromatic rings. The van der Waals surface area contributed by atoms with Crippen molar-refractivity contribution >= 4 is 34.5 Å². The van der Waals surface area contributed by atoms with Gasteiger partial charge in [-0.1, -0.05) is 75.3 Å². The Labute approximate surface area is 290 Å². The van der Waals surface area contributed by atoms with Crippen molar-refractivity contribution in [3.05, 3.63) is 46.4 Å². The van der Waals surface area contributed by atoms with Gasteiger partial charge in [0.15, 0.2) is 0 Å². The maximum atomic E-state index is 14.1. The summed E-state index contributed by atoms with van der Waals surface area (Å²) >= 11 is 0. The van der Waals surface area contributed by atoms with Crippen molar-refractivity contribution in [2.75, 3.05) is 99.0 Å². The molecule has 0 bridgehead atoms. The van der Waals surface area contributed by atoms with Crippen LogP contribution in [0.5, 0.6) is 0 Å². The van der Waals surface area contributed by atoms with Crippen LogP contribution in [0.15, 0.2) is 35.5 Å². The fraction of sp³-hybridized carbons (Fsp3) is 0.649. The first-order valence-corrected chi connectivity index (χ1v) is 17.8. The van der Waals surface area contributed by atoms with Crippen molar-refractivity contribution in [2.45, 2.75) is 80.1 Å². The minimum Gasteiger partial charge on any atom is -0.367 e. The van der Waals surface area contributed by atoms with Gasteiger partial charge in [-0.05, 0) is 77.6 Å². The number of likely N-dealkylation sites (N-methyl/N-ethyl adjacent to an activating group) is 2. The standard InChI is InChI=1S/C37H65N9O2/c1-11-43(12-2)21-23-45(19-17-38)33-16-15-28(36(5,6)7)25-30(33)40-35(47)41-31-26-29(37(8,9)10)27-32(42-48)34(31)46(20-18-39)24-22-44(13-3)14-4/h15-16,25-27H,11-14,17-24,38-39H2,1-10H3,(H2,40,41,47). The Morgan fingerprint density at radius 3 is 1.62 bits per heavy atom. The average Bonchev–Trinajstić information content (AvgIpc) is 3.03. The Morgan fingerprint density at radius 2 is 1.15 bits per heavy atom. The fourth-order valence-corrected chi connectivity index (χ4v) is 5.81. The van der Waals surface area contributed by atoms with Crippen molar-refractivity contribution in [1.29, 1.82) is 0 Å². The van der Waals surface area contributed by atoms with Crippen molar-refractivity contribution in [2.24, 2.45) is 16.6 Å². The van der Waals surface area contributed by atoms with E-state index in [4.69, 9.17) is 11.5 Å². The van der Waals surface area contributed by atoms with Crippen molar-refractivity contribution in [3.8, 4) is 0 Å². The third-order valence-electron chi connectivity index (χ3n) is 9.03. The molecule has 11 heteroatoms. The summed E-state index contributed by atoms with van der Waals surface area (Å²) in [7, 11) is 0. The second kappa shape index (κ2) is 19.1. The normalized spacial score (nSPS) is 12.0. The first-order chi connectivity index (χ1) is 22.7. The van der Waals surface area contributed by atoms with E-state index in [0.29, 0.717) is 49.8 Å². The molecule has 0 heterocycles. The number of urea groups is 1. The monoisotopic (exact) mass is 668 g/mol. The molecule has 0 fully saturated rings. The van der Waals surface area contributed by atoms with E-state index < -0.39 is 6.03 Å². The number of nitrogens with two attached hydrogens (primary N) is 2. The molecule has 2 aromatic carbocycles. The molecule has 6 N–H and O–H groups in total. The molecule has 0 saturated heterocycles. The van der Waals surface area contributed by atoms with E-state index in [9.17, 15) is 9.70 Å². The third kappa shape index (κ3) is 11.7. The molecule has 0 aromatic heterocycles. The number of nitroso groups, excluding NO2 is 1. The Kier molecular flexibility index (Phi) is 16.3. The number of carbonyl (C=O) groups is 1. The molecule has 0 aliphatic carbocycles. The van der Waals surface area contributed by atoms with Crippen LogP contribution in [0.3, 0.4) is 0 Å². The van der Waals surface area contributed by atoms with E-state index in [1.54, 1.807) is 0 Å². The molecular formula is C37H65N9O2. The molecule has 0 unspecified atom stereocenters. The van der Waals surface area contributed by atoms with Crippen LogP contribution >= 0.6 is 0 Å². The van der Waals surface area contributed by atoms with Crippen LogP contribution in [0, 0.1) is 4.91 Å². The Bertz CT molecular complexity index is 1290. The van der Waals surface area contributed by atoms with E-state index in [1.807, 2.05) is 12.1 Å². The zero-order chi connectivity index (χ0) is 36.1. The molecule has 11 nitrogen and oxygen atoms in total. The number of amides is 2. The Morgan fingerprint density at radius 1 is 0.667 bits per heavy atom. The number of nitrogens with one attached hydrogen (secondary N) is 2. The minimum absolute atomic E-state index is 0.127. The second-order valence-corrected chi connectivity index (χ2v) is 14.4. The van der Waals surface area contributed by atoms with Gasteiger partial charge >= 0.3 is 6.03 Å². The molecule has 0 aliphatic rings. The van der Waals surface area contributed by atoms with Crippen molar-refractivity contribution in [1.82, 2.24) is 9.80 Å². The molecule has 48 heavy (non-hydrogen) atoms. The topological polar surface area (TPSA) is 136 Å². The van der Waals surface area contributed by atoms with E-state index in [2.05, 4.69) is 123 Å². The largest absolute Gasteiger partial charge is 0.367 e. The molecule has 0 spiro atoms. The highest BCUT2D eigenvalue weighted by Gasteiger charge is 2.25. The first kappa shape index (κ1) is 40.9. The molecule has 0 radical (unpaired) electrons. The Balaban J connectivity index is 2.64. The molecule has 0 saturated carbocycles. The van der Waals surface area contributed by atoms with Gasteiger partial charge in [-0.2, -0.15) is 0 Å². The lowest BCUT2D eigenvalue weighted by Gasteiger charge is -2.32. The lowest BCUT2D eigenvalue weighted by Crippen LogP contribution is -2.38. The van der Waals surface area contributed by atoms with Crippen molar-refractivity contribution < 1.29 is 4.79 Å². The number of hydrogen-bond donors (Lipinski definition) is 4. The highest BCUT2D eigenvalue weighted by atomic mass is 16.3. The van der Waals surface area contributed by atoms with Crippen LogP contribution < -0.4 is 31.9 Å². The SMILES string of the molecule is CCN(CC)CCN(CCN)c1ccc(C(C)(C)C)cc1NC(=O)Nc1cc(C(C)(C)C)cc(N=O)c1N(CCN)CCN(CC)CC. The number of nitrogens with zero attached hydrogens (tertiary/aromatic N) is 5. The van der Waals surface area contributed by atoms with Gasteiger partial charge in [-0.15, -0.1) is 4.91 Å². The lowest BCUT2D eigenvalue weighted by atomic mass is 9.86. The van der Waals surface area contributed by atoms with E-state index in [1.165, 1.54) is 0 Å². The van der Waals surface area contributed by atoms with Gasteiger partial charge in [-0.3, -0.25) is 0 Å². The third-order valence-corrected chi connectivity index (χ3v) is 9.03. The summed E-state index contributed by atoms with van der Waals surface area (Å²) in [6, 6.07) is 9.67. The second-order valence-electron chi connectivity index (χ2n) is 14.4. The summed E-state index contributed by atoms with van der Waals surface area (Å²) in [4.78, 5) is 35.5. The van der Waals surface area contributed by atoms with Gasteiger partial charge in [-0.25, -0.2) is 4.79 Å². The zero-order valence-electron chi connectivity index (χ0n) is 31.6. The summed E-state index contributed by atoms with van der Waals surface area (Å²) in [6.45, 7) is 30.2. The lowest BCUT2D eigenvalue weighted by molar-refractivity contribution is 0.262. The molecule has 2 rings (SSSR count). The number of benzene rings is 2. The van der Waals surface area contributed by atoms with Crippen LogP contribution in [-0.2, 0) is 10.8 Å².